The van der Waals surface area contributed by atoms with Gasteiger partial charge >= 0.3 is 0 Å². The molecule has 2 aromatic carbocycles. The number of amides is 1. The first-order valence-electron chi connectivity index (χ1n) is 6.70. The molecule has 0 radical (unpaired) electrons. The molecular weight excluding hydrogens is 278 g/mol. The van der Waals surface area contributed by atoms with Crippen molar-refractivity contribution in [2.45, 2.75) is 6.92 Å². The third kappa shape index (κ3) is 4.46. The SMILES string of the molecule is Cc1ccccc1/C=N\OCC(=O)Nc1cccc(C#N)c1. The summed E-state index contributed by atoms with van der Waals surface area (Å²) in [6.45, 7) is 1.77. The fraction of sp³-hybridized carbons (Fsp3) is 0.118. The van der Waals surface area contributed by atoms with Crippen molar-refractivity contribution >= 4 is 17.8 Å². The smallest absolute Gasteiger partial charge is 0.265 e. The molecule has 110 valence electrons. The normalized spacial score (nSPS) is 10.2. The van der Waals surface area contributed by atoms with Gasteiger partial charge in [-0.05, 0) is 36.2 Å². The van der Waals surface area contributed by atoms with Crippen molar-refractivity contribution in [3.63, 3.8) is 0 Å². The molecule has 0 aliphatic rings. The number of oxime groups is 1. The Labute approximate surface area is 128 Å². The van der Waals surface area contributed by atoms with Crippen molar-refractivity contribution in [1.29, 1.82) is 5.26 Å². The van der Waals surface area contributed by atoms with E-state index in [-0.39, 0.29) is 12.5 Å². The summed E-state index contributed by atoms with van der Waals surface area (Å²) in [5.74, 6) is -0.336. The van der Waals surface area contributed by atoms with Gasteiger partial charge in [0.2, 0.25) is 0 Å². The number of carbonyl (C=O) groups excluding carboxylic acids is 1. The zero-order valence-corrected chi connectivity index (χ0v) is 12.1. The molecule has 1 amide bonds. The Hall–Kier alpha value is -3.13. The standard InChI is InChI=1S/C17H15N3O2/c1-13-5-2-3-7-15(13)11-19-22-12-17(21)20-16-8-4-6-14(9-16)10-18/h2-9,11H,12H2,1H3,(H,20,21)/b19-11-. The van der Waals surface area contributed by atoms with Crippen molar-refractivity contribution in [1.82, 2.24) is 0 Å². The van der Waals surface area contributed by atoms with E-state index in [4.69, 9.17) is 10.1 Å². The predicted molar refractivity (Wildman–Crippen MR) is 84.5 cm³/mol. The number of aryl methyl sites for hydroxylation is 1. The van der Waals surface area contributed by atoms with Crippen LogP contribution in [-0.2, 0) is 9.63 Å². The molecular formula is C17H15N3O2. The quantitative estimate of drug-likeness (QED) is 0.680. The average Bonchev–Trinajstić information content (AvgIpc) is 2.53. The summed E-state index contributed by atoms with van der Waals surface area (Å²) in [4.78, 5) is 16.7. The molecule has 0 fully saturated rings. The van der Waals surface area contributed by atoms with E-state index in [1.54, 1.807) is 30.5 Å². The third-order valence-electron chi connectivity index (χ3n) is 2.93. The van der Waals surface area contributed by atoms with E-state index in [2.05, 4.69) is 10.5 Å². The number of hydrogen-bond acceptors (Lipinski definition) is 4. The minimum Gasteiger partial charge on any atom is -0.386 e. The van der Waals surface area contributed by atoms with Gasteiger partial charge in [0, 0.05) is 5.69 Å². The maximum atomic E-state index is 11.7. The largest absolute Gasteiger partial charge is 0.386 e. The van der Waals surface area contributed by atoms with Crippen molar-refractivity contribution < 1.29 is 9.63 Å². The Morgan fingerprint density at radius 1 is 1.32 bits per heavy atom. The third-order valence-corrected chi connectivity index (χ3v) is 2.93. The molecule has 0 bridgehead atoms. The first kappa shape index (κ1) is 15.3. The van der Waals surface area contributed by atoms with Gasteiger partial charge in [0.25, 0.3) is 5.91 Å². The molecule has 0 saturated heterocycles. The van der Waals surface area contributed by atoms with Crippen LogP contribution in [0.4, 0.5) is 5.69 Å². The van der Waals surface area contributed by atoms with Crippen LogP contribution in [0.3, 0.4) is 0 Å². The maximum absolute atomic E-state index is 11.7. The minimum atomic E-state index is -0.336. The highest BCUT2D eigenvalue weighted by molar-refractivity contribution is 5.91. The van der Waals surface area contributed by atoms with E-state index in [0.29, 0.717) is 11.3 Å². The topological polar surface area (TPSA) is 74.5 Å². The Kier molecular flexibility index (Phi) is 5.27. The molecule has 0 saturated carbocycles. The lowest BCUT2D eigenvalue weighted by atomic mass is 10.1. The molecule has 5 nitrogen and oxygen atoms in total. The van der Waals surface area contributed by atoms with Crippen LogP contribution in [0.15, 0.2) is 53.7 Å². The molecule has 0 aromatic heterocycles. The summed E-state index contributed by atoms with van der Waals surface area (Å²) >= 11 is 0. The lowest BCUT2D eigenvalue weighted by Crippen LogP contribution is -2.17. The second-order valence-electron chi connectivity index (χ2n) is 4.61. The van der Waals surface area contributed by atoms with E-state index in [1.165, 1.54) is 0 Å². The van der Waals surface area contributed by atoms with Crippen molar-refractivity contribution in [3.05, 3.63) is 65.2 Å². The predicted octanol–water partition coefficient (Wildman–Crippen LogP) is 2.86. The maximum Gasteiger partial charge on any atom is 0.265 e. The van der Waals surface area contributed by atoms with Gasteiger partial charge in [-0.1, -0.05) is 35.5 Å². The molecule has 22 heavy (non-hydrogen) atoms. The minimum absolute atomic E-state index is 0.195. The number of hydrogen-bond donors (Lipinski definition) is 1. The van der Waals surface area contributed by atoms with E-state index < -0.39 is 0 Å². The Balaban J connectivity index is 1.83. The zero-order chi connectivity index (χ0) is 15.8. The van der Waals surface area contributed by atoms with Crippen molar-refractivity contribution in [3.8, 4) is 6.07 Å². The second-order valence-corrected chi connectivity index (χ2v) is 4.61. The summed E-state index contributed by atoms with van der Waals surface area (Å²) in [6, 6.07) is 16.4. The Morgan fingerprint density at radius 2 is 2.14 bits per heavy atom. The van der Waals surface area contributed by atoms with Crippen LogP contribution < -0.4 is 5.32 Å². The molecule has 0 atom stereocenters. The van der Waals surface area contributed by atoms with Crippen LogP contribution in [0, 0.1) is 18.3 Å². The van der Waals surface area contributed by atoms with E-state index in [1.807, 2.05) is 37.3 Å². The van der Waals surface area contributed by atoms with Gasteiger partial charge in [-0.25, -0.2) is 0 Å². The lowest BCUT2D eigenvalue weighted by molar-refractivity contribution is -0.120. The van der Waals surface area contributed by atoms with Gasteiger partial charge in [-0.15, -0.1) is 0 Å². The number of nitriles is 1. The Morgan fingerprint density at radius 3 is 2.91 bits per heavy atom. The van der Waals surface area contributed by atoms with E-state index in [9.17, 15) is 4.79 Å². The highest BCUT2D eigenvalue weighted by Gasteiger charge is 2.03. The first-order chi connectivity index (χ1) is 10.7. The lowest BCUT2D eigenvalue weighted by Gasteiger charge is -2.04. The molecule has 0 aliphatic heterocycles. The summed E-state index contributed by atoms with van der Waals surface area (Å²) < 4.78 is 0. The fourth-order valence-corrected chi connectivity index (χ4v) is 1.79. The van der Waals surface area contributed by atoms with Crippen LogP contribution in [0.25, 0.3) is 0 Å². The molecule has 0 aliphatic carbocycles. The number of carbonyl (C=O) groups is 1. The summed E-state index contributed by atoms with van der Waals surface area (Å²) in [5.41, 5.74) is 3.05. The van der Waals surface area contributed by atoms with Crippen LogP contribution in [0.1, 0.15) is 16.7 Å². The number of rotatable bonds is 5. The molecule has 5 heteroatoms. The van der Waals surface area contributed by atoms with Crippen LogP contribution in [-0.4, -0.2) is 18.7 Å². The Bertz CT molecular complexity index is 733. The molecule has 0 unspecified atom stereocenters. The van der Waals surface area contributed by atoms with Gasteiger partial charge in [-0.2, -0.15) is 5.26 Å². The van der Waals surface area contributed by atoms with Gasteiger partial charge in [-0.3, -0.25) is 4.79 Å². The molecule has 0 heterocycles. The van der Waals surface area contributed by atoms with Crippen LogP contribution >= 0.6 is 0 Å². The van der Waals surface area contributed by atoms with E-state index >= 15 is 0 Å². The first-order valence-corrected chi connectivity index (χ1v) is 6.70. The van der Waals surface area contributed by atoms with Crippen molar-refractivity contribution in [2.75, 3.05) is 11.9 Å². The number of nitrogens with zero attached hydrogens (tertiary/aromatic N) is 2. The van der Waals surface area contributed by atoms with Gasteiger partial charge in [0.1, 0.15) is 0 Å². The number of nitrogens with one attached hydrogen (secondary N) is 1. The molecule has 0 spiro atoms. The zero-order valence-electron chi connectivity index (χ0n) is 12.1. The summed E-state index contributed by atoms with van der Waals surface area (Å²) in [7, 11) is 0. The summed E-state index contributed by atoms with van der Waals surface area (Å²) in [6.07, 6.45) is 1.57. The van der Waals surface area contributed by atoms with Gasteiger partial charge in [0.05, 0.1) is 17.8 Å². The van der Waals surface area contributed by atoms with Crippen molar-refractivity contribution in [2.24, 2.45) is 5.16 Å². The number of benzene rings is 2. The highest BCUT2D eigenvalue weighted by Crippen LogP contribution is 2.09. The monoisotopic (exact) mass is 293 g/mol. The average molecular weight is 293 g/mol. The highest BCUT2D eigenvalue weighted by atomic mass is 16.6. The van der Waals surface area contributed by atoms with Gasteiger partial charge in [0.15, 0.2) is 6.61 Å². The number of anilines is 1. The molecule has 2 rings (SSSR count). The van der Waals surface area contributed by atoms with E-state index in [0.717, 1.165) is 11.1 Å². The van der Waals surface area contributed by atoms with Gasteiger partial charge < -0.3 is 10.2 Å². The summed E-state index contributed by atoms with van der Waals surface area (Å²) in [5, 5.41) is 15.2. The van der Waals surface area contributed by atoms with Crippen LogP contribution in [0.2, 0.25) is 0 Å². The fourth-order valence-electron chi connectivity index (χ4n) is 1.79. The second kappa shape index (κ2) is 7.60. The molecule has 2 aromatic rings. The molecule has 1 N–H and O–H groups in total. The van der Waals surface area contributed by atoms with Crippen LogP contribution in [0.5, 0.6) is 0 Å².